The molecule has 1 aliphatic heterocycles. The van der Waals surface area contributed by atoms with Crippen molar-refractivity contribution in [1.29, 1.82) is 0 Å². The number of amides is 1. The predicted octanol–water partition coefficient (Wildman–Crippen LogP) is 4.13. The van der Waals surface area contributed by atoms with E-state index in [1.54, 1.807) is 18.2 Å². The standard InChI is InChI=1S/C18H21FN2O2/c1-11-8-12(2)21(13(3)9-11)18(22)17-10-16(20-23-17)14-4-6-15(19)7-5-14/h4-7,10-13H,8-9H2,1-3H3/t12-,13-/m1/s1. The highest BCUT2D eigenvalue weighted by atomic mass is 19.1. The van der Waals surface area contributed by atoms with Gasteiger partial charge in [-0.3, -0.25) is 4.79 Å². The fraction of sp³-hybridized carbons (Fsp3) is 0.444. The van der Waals surface area contributed by atoms with Crippen LogP contribution in [0, 0.1) is 11.7 Å². The Labute approximate surface area is 135 Å². The van der Waals surface area contributed by atoms with Gasteiger partial charge in [-0.05, 0) is 56.9 Å². The molecule has 23 heavy (non-hydrogen) atoms. The van der Waals surface area contributed by atoms with Crippen LogP contribution in [0.1, 0.15) is 44.2 Å². The van der Waals surface area contributed by atoms with Crippen molar-refractivity contribution in [2.24, 2.45) is 5.92 Å². The lowest BCUT2D eigenvalue weighted by molar-refractivity contribution is 0.0394. The zero-order valence-electron chi connectivity index (χ0n) is 13.6. The molecule has 0 N–H and O–H groups in total. The Morgan fingerprint density at radius 1 is 1.17 bits per heavy atom. The lowest BCUT2D eigenvalue weighted by atomic mass is 9.88. The van der Waals surface area contributed by atoms with Gasteiger partial charge in [0.1, 0.15) is 11.5 Å². The van der Waals surface area contributed by atoms with Crippen LogP contribution in [0.2, 0.25) is 0 Å². The first-order chi connectivity index (χ1) is 11.0. The van der Waals surface area contributed by atoms with E-state index in [9.17, 15) is 9.18 Å². The molecule has 1 fully saturated rings. The monoisotopic (exact) mass is 316 g/mol. The number of rotatable bonds is 2. The minimum Gasteiger partial charge on any atom is -0.350 e. The summed E-state index contributed by atoms with van der Waals surface area (Å²) in [5.41, 5.74) is 1.27. The lowest BCUT2D eigenvalue weighted by Gasteiger charge is -2.41. The second-order valence-corrected chi connectivity index (χ2v) is 6.57. The van der Waals surface area contributed by atoms with Crippen LogP contribution in [-0.2, 0) is 0 Å². The molecule has 1 aliphatic rings. The highest BCUT2D eigenvalue weighted by Gasteiger charge is 2.34. The average molecular weight is 316 g/mol. The maximum Gasteiger partial charge on any atom is 0.292 e. The molecule has 2 aromatic rings. The number of hydrogen-bond donors (Lipinski definition) is 0. The summed E-state index contributed by atoms with van der Waals surface area (Å²) < 4.78 is 18.2. The van der Waals surface area contributed by atoms with Crippen molar-refractivity contribution < 1.29 is 13.7 Å². The quantitative estimate of drug-likeness (QED) is 0.837. The van der Waals surface area contributed by atoms with Gasteiger partial charge in [-0.15, -0.1) is 0 Å². The normalized spacial score (nSPS) is 24.7. The highest BCUT2D eigenvalue weighted by molar-refractivity contribution is 5.93. The summed E-state index contributed by atoms with van der Waals surface area (Å²) in [6.45, 7) is 6.36. The number of carbonyl (C=O) groups is 1. The van der Waals surface area contributed by atoms with Crippen molar-refractivity contribution in [2.45, 2.75) is 45.7 Å². The minimum atomic E-state index is -0.307. The Balaban J connectivity index is 1.82. The molecule has 0 saturated carbocycles. The van der Waals surface area contributed by atoms with Crippen LogP contribution in [0.25, 0.3) is 11.3 Å². The number of aromatic nitrogens is 1. The van der Waals surface area contributed by atoms with Gasteiger partial charge in [-0.1, -0.05) is 12.1 Å². The number of benzene rings is 1. The highest BCUT2D eigenvalue weighted by Crippen LogP contribution is 2.29. The molecule has 0 bridgehead atoms. The van der Waals surface area contributed by atoms with E-state index in [1.165, 1.54) is 12.1 Å². The second kappa shape index (κ2) is 6.14. The zero-order chi connectivity index (χ0) is 16.6. The molecule has 0 radical (unpaired) electrons. The van der Waals surface area contributed by atoms with E-state index in [-0.39, 0.29) is 29.6 Å². The maximum atomic E-state index is 13.0. The molecular weight excluding hydrogens is 295 g/mol. The second-order valence-electron chi connectivity index (χ2n) is 6.57. The molecule has 3 rings (SSSR count). The Kier molecular flexibility index (Phi) is 4.20. The van der Waals surface area contributed by atoms with Gasteiger partial charge < -0.3 is 9.42 Å². The third-order valence-electron chi connectivity index (χ3n) is 4.53. The van der Waals surface area contributed by atoms with E-state index in [0.717, 1.165) is 18.4 Å². The van der Waals surface area contributed by atoms with E-state index in [2.05, 4.69) is 25.9 Å². The van der Waals surface area contributed by atoms with Gasteiger partial charge in [-0.2, -0.15) is 0 Å². The van der Waals surface area contributed by atoms with Crippen molar-refractivity contribution in [3.8, 4) is 11.3 Å². The van der Waals surface area contributed by atoms with E-state index in [0.29, 0.717) is 11.6 Å². The van der Waals surface area contributed by atoms with Crippen LogP contribution in [-0.4, -0.2) is 28.0 Å². The third kappa shape index (κ3) is 3.14. The molecule has 1 aromatic heterocycles. The fourth-order valence-corrected chi connectivity index (χ4v) is 3.58. The first-order valence-corrected chi connectivity index (χ1v) is 8.01. The Morgan fingerprint density at radius 2 is 1.78 bits per heavy atom. The third-order valence-corrected chi connectivity index (χ3v) is 4.53. The smallest absolute Gasteiger partial charge is 0.292 e. The number of carbonyl (C=O) groups excluding carboxylic acids is 1. The van der Waals surface area contributed by atoms with E-state index in [1.807, 2.05) is 4.90 Å². The molecule has 4 nitrogen and oxygen atoms in total. The summed E-state index contributed by atoms with van der Waals surface area (Å²) in [5.74, 6) is 0.419. The van der Waals surface area contributed by atoms with Crippen molar-refractivity contribution in [2.75, 3.05) is 0 Å². The van der Waals surface area contributed by atoms with Gasteiger partial charge in [0.15, 0.2) is 0 Å². The molecule has 2 heterocycles. The molecule has 0 unspecified atom stereocenters. The van der Waals surface area contributed by atoms with Gasteiger partial charge in [0.05, 0.1) is 0 Å². The summed E-state index contributed by atoms with van der Waals surface area (Å²) in [6, 6.07) is 7.96. The molecule has 5 heteroatoms. The number of piperidine rings is 1. The molecular formula is C18H21FN2O2. The van der Waals surface area contributed by atoms with Gasteiger partial charge in [-0.25, -0.2) is 4.39 Å². The average Bonchev–Trinajstić information content (AvgIpc) is 2.96. The molecule has 1 saturated heterocycles. The number of hydrogen-bond acceptors (Lipinski definition) is 3. The number of nitrogens with zero attached hydrogens (tertiary/aromatic N) is 2. The maximum absolute atomic E-state index is 13.0. The summed E-state index contributed by atoms with van der Waals surface area (Å²) in [7, 11) is 0. The minimum absolute atomic E-state index is 0.127. The van der Waals surface area contributed by atoms with Crippen LogP contribution in [0.3, 0.4) is 0 Å². The topological polar surface area (TPSA) is 46.3 Å². The predicted molar refractivity (Wildman–Crippen MR) is 85.4 cm³/mol. The van der Waals surface area contributed by atoms with Crippen molar-refractivity contribution >= 4 is 5.91 Å². The Hall–Kier alpha value is -2.17. The van der Waals surface area contributed by atoms with Gasteiger partial charge >= 0.3 is 0 Å². The van der Waals surface area contributed by atoms with E-state index in [4.69, 9.17) is 4.52 Å². The van der Waals surface area contributed by atoms with E-state index < -0.39 is 0 Å². The van der Waals surface area contributed by atoms with Crippen molar-refractivity contribution in [1.82, 2.24) is 10.1 Å². The number of halogens is 1. The summed E-state index contributed by atoms with van der Waals surface area (Å²) in [5, 5.41) is 3.95. The first-order valence-electron chi connectivity index (χ1n) is 8.01. The van der Waals surface area contributed by atoms with Gasteiger partial charge in [0.2, 0.25) is 5.76 Å². The van der Waals surface area contributed by atoms with Crippen molar-refractivity contribution in [3.63, 3.8) is 0 Å². The summed E-state index contributed by atoms with van der Waals surface area (Å²) >= 11 is 0. The van der Waals surface area contributed by atoms with Crippen LogP contribution in [0.15, 0.2) is 34.9 Å². The van der Waals surface area contributed by atoms with Crippen LogP contribution in [0.4, 0.5) is 4.39 Å². The van der Waals surface area contributed by atoms with Gasteiger partial charge in [0.25, 0.3) is 5.91 Å². The van der Waals surface area contributed by atoms with Crippen LogP contribution in [0.5, 0.6) is 0 Å². The fourth-order valence-electron chi connectivity index (χ4n) is 3.58. The molecule has 0 aliphatic carbocycles. The van der Waals surface area contributed by atoms with Gasteiger partial charge in [0, 0.05) is 23.7 Å². The molecule has 122 valence electrons. The Bertz CT molecular complexity index is 683. The van der Waals surface area contributed by atoms with Crippen LogP contribution >= 0.6 is 0 Å². The Morgan fingerprint density at radius 3 is 2.39 bits per heavy atom. The molecule has 2 atom stereocenters. The SMILES string of the molecule is CC1C[C@@H](C)N(C(=O)c2cc(-c3ccc(F)cc3)no2)[C@H](C)C1. The molecule has 1 amide bonds. The summed E-state index contributed by atoms with van der Waals surface area (Å²) in [6.07, 6.45) is 1.99. The molecule has 0 spiro atoms. The largest absolute Gasteiger partial charge is 0.350 e. The number of likely N-dealkylation sites (tertiary alicyclic amines) is 1. The first kappa shape index (κ1) is 15.7. The zero-order valence-corrected chi connectivity index (χ0v) is 13.6. The van der Waals surface area contributed by atoms with Crippen molar-refractivity contribution in [3.05, 3.63) is 41.9 Å². The molecule has 1 aromatic carbocycles. The van der Waals surface area contributed by atoms with Crippen LogP contribution < -0.4 is 0 Å². The summed E-state index contributed by atoms with van der Waals surface area (Å²) in [4.78, 5) is 14.6. The lowest BCUT2D eigenvalue weighted by Crippen LogP contribution is -2.49. The van der Waals surface area contributed by atoms with E-state index >= 15 is 0 Å².